The minimum atomic E-state index is -0.389. The number of amides is 3. The van der Waals surface area contributed by atoms with E-state index in [0.29, 0.717) is 64.4 Å². The fourth-order valence-corrected chi connectivity index (χ4v) is 11.0. The van der Waals surface area contributed by atoms with Gasteiger partial charge in [-0.15, -0.1) is 0 Å². The first-order chi connectivity index (χ1) is 28.9. The van der Waals surface area contributed by atoms with Gasteiger partial charge in [-0.25, -0.2) is 4.98 Å². The molecule has 9 rings (SSSR count). The number of aryl methyl sites for hydroxylation is 1. The molecule has 16 heteroatoms. The number of imidazole rings is 1. The molecule has 316 valence electrons. The summed E-state index contributed by atoms with van der Waals surface area (Å²) in [6.07, 6.45) is 9.95. The van der Waals surface area contributed by atoms with Gasteiger partial charge in [0.1, 0.15) is 0 Å². The molecule has 0 radical (unpaired) electrons. The quantitative estimate of drug-likeness (QED) is 0.114. The van der Waals surface area contributed by atoms with Gasteiger partial charge in [0.15, 0.2) is 11.5 Å². The second-order valence-corrected chi connectivity index (χ2v) is 18.2. The number of carbonyl (C=O) groups is 4. The van der Waals surface area contributed by atoms with Gasteiger partial charge < -0.3 is 30.6 Å². The number of carbonyl (C=O) groups excluding carboxylic acids is 4. The molecule has 2 aromatic heterocycles. The first kappa shape index (κ1) is 40.6. The molecule has 14 nitrogen and oxygen atoms in total. The van der Waals surface area contributed by atoms with Gasteiger partial charge in [0.05, 0.1) is 45.3 Å². The SMILES string of the molecule is COC(=O)C12CCC(CCN3CCc4c(nc(C(=O)Nc5cccc(-c6cccc(NC(=O)c7cc8n(n7)CCCC8NC[C@@H]7CCC(=O)N7)c6Cl)c5Cl)n4C)C3)(CC1)C2. The zero-order chi connectivity index (χ0) is 41.8. The van der Waals surface area contributed by atoms with Crippen LogP contribution in [0.25, 0.3) is 11.1 Å². The Morgan fingerprint density at radius 3 is 2.35 bits per heavy atom. The molecule has 60 heavy (non-hydrogen) atoms. The molecule has 2 atom stereocenters. The molecule has 5 heterocycles. The molecule has 0 spiro atoms. The lowest BCUT2D eigenvalue weighted by molar-refractivity contribution is -0.152. The van der Waals surface area contributed by atoms with E-state index >= 15 is 0 Å². The van der Waals surface area contributed by atoms with Gasteiger partial charge in [0, 0.05) is 75.0 Å². The first-order valence-electron chi connectivity index (χ1n) is 21.1. The van der Waals surface area contributed by atoms with Crippen molar-refractivity contribution in [2.24, 2.45) is 17.9 Å². The molecule has 3 aliphatic heterocycles. The molecule has 2 bridgehead atoms. The molecule has 1 unspecified atom stereocenters. The summed E-state index contributed by atoms with van der Waals surface area (Å²) in [6, 6.07) is 12.6. The number of hydrogen-bond acceptors (Lipinski definition) is 9. The maximum Gasteiger partial charge on any atom is 0.311 e. The van der Waals surface area contributed by atoms with Crippen molar-refractivity contribution in [1.29, 1.82) is 0 Å². The van der Waals surface area contributed by atoms with Crippen LogP contribution in [0.1, 0.15) is 108 Å². The number of benzene rings is 2. The van der Waals surface area contributed by atoms with Crippen LogP contribution in [0.15, 0.2) is 42.5 Å². The van der Waals surface area contributed by atoms with E-state index in [1.165, 1.54) is 7.11 Å². The normalized spacial score (nSPS) is 24.5. The number of aromatic nitrogens is 4. The zero-order valence-electron chi connectivity index (χ0n) is 34.0. The number of hydrogen-bond donors (Lipinski definition) is 4. The lowest BCUT2D eigenvalue weighted by atomic mass is 9.80. The number of esters is 1. The summed E-state index contributed by atoms with van der Waals surface area (Å²) in [5.41, 5.74) is 5.07. The van der Waals surface area contributed by atoms with Crippen LogP contribution in [0.3, 0.4) is 0 Å². The average molecular weight is 857 g/mol. The minimum absolute atomic E-state index is 0.0252. The molecule has 4 aromatic rings. The summed E-state index contributed by atoms with van der Waals surface area (Å²) >= 11 is 14.0. The third kappa shape index (κ3) is 7.60. The maximum atomic E-state index is 13.8. The van der Waals surface area contributed by atoms with E-state index in [9.17, 15) is 19.2 Å². The molecular formula is C44H51Cl2N9O5. The van der Waals surface area contributed by atoms with Crippen molar-refractivity contribution < 1.29 is 23.9 Å². The summed E-state index contributed by atoms with van der Waals surface area (Å²) in [5.74, 6) is -0.410. The van der Waals surface area contributed by atoms with Crippen LogP contribution in [0, 0.1) is 10.8 Å². The van der Waals surface area contributed by atoms with E-state index in [1.54, 1.807) is 24.3 Å². The summed E-state index contributed by atoms with van der Waals surface area (Å²) < 4.78 is 8.93. The Hall–Kier alpha value is -4.76. The average Bonchev–Trinajstić information content (AvgIpc) is 4.09. The Kier molecular flexibility index (Phi) is 11.0. The number of nitrogens with one attached hydrogen (secondary N) is 4. The largest absolute Gasteiger partial charge is 0.469 e. The summed E-state index contributed by atoms with van der Waals surface area (Å²) in [5, 5.41) is 17.7. The topological polar surface area (TPSA) is 165 Å². The Labute approximate surface area is 359 Å². The monoisotopic (exact) mass is 855 g/mol. The maximum absolute atomic E-state index is 13.8. The summed E-state index contributed by atoms with van der Waals surface area (Å²) in [7, 11) is 3.38. The van der Waals surface area contributed by atoms with Crippen LogP contribution >= 0.6 is 23.2 Å². The lowest BCUT2D eigenvalue weighted by Gasteiger charge is -2.32. The number of halogens is 2. The van der Waals surface area contributed by atoms with Crippen molar-refractivity contribution >= 4 is 58.3 Å². The molecule has 1 saturated heterocycles. The summed E-state index contributed by atoms with van der Waals surface area (Å²) in [6.45, 7) is 3.85. The van der Waals surface area contributed by atoms with Gasteiger partial charge >= 0.3 is 5.97 Å². The predicted molar refractivity (Wildman–Crippen MR) is 228 cm³/mol. The van der Waals surface area contributed by atoms with Crippen molar-refractivity contribution in [1.82, 2.24) is 34.9 Å². The zero-order valence-corrected chi connectivity index (χ0v) is 35.6. The van der Waals surface area contributed by atoms with Crippen molar-refractivity contribution in [3.05, 3.63) is 81.1 Å². The second kappa shape index (κ2) is 16.3. The third-order valence-corrected chi connectivity index (χ3v) is 14.7. The molecule has 2 aliphatic carbocycles. The van der Waals surface area contributed by atoms with Gasteiger partial charge in [-0.3, -0.25) is 28.8 Å². The predicted octanol–water partition coefficient (Wildman–Crippen LogP) is 6.67. The van der Waals surface area contributed by atoms with Gasteiger partial charge in [-0.05, 0) is 87.9 Å². The Bertz CT molecular complexity index is 2370. The Morgan fingerprint density at radius 2 is 1.67 bits per heavy atom. The van der Waals surface area contributed by atoms with Crippen LogP contribution < -0.4 is 21.3 Å². The van der Waals surface area contributed by atoms with E-state index in [2.05, 4.69) is 31.3 Å². The standard InChI is InChI=1S/C44H51Cl2N9O5/c1-53-34-13-20-54(21-18-43-14-16-44(25-43,17-15-43)42(59)60-2)24-33(34)49-39(53)41(58)51-31-9-4-7-28(38(31)46)27-6-3-8-30(37(27)45)50-40(57)32-22-35-29(10-5-19-55(35)52-32)47-23-26-11-12-36(56)48-26/h3-4,6-9,22,26,29,47H,5,10-21,23-25H2,1-2H3,(H,48,56)(H,50,57)(H,51,58)/t26-,29?,43?,44?/m0/s1. The van der Waals surface area contributed by atoms with Crippen molar-refractivity contribution in [3.63, 3.8) is 0 Å². The number of anilines is 2. The van der Waals surface area contributed by atoms with E-state index in [0.717, 1.165) is 94.4 Å². The molecule has 4 N–H and O–H groups in total. The van der Waals surface area contributed by atoms with Gasteiger partial charge in [-0.2, -0.15) is 5.10 Å². The Balaban J connectivity index is 0.846. The molecule has 5 aliphatic rings. The van der Waals surface area contributed by atoms with E-state index in [4.69, 9.17) is 32.9 Å². The van der Waals surface area contributed by atoms with E-state index < -0.39 is 0 Å². The fourth-order valence-electron chi connectivity index (χ4n) is 10.5. The number of methoxy groups -OCH3 is 1. The molecule has 2 saturated carbocycles. The highest BCUT2D eigenvalue weighted by Crippen LogP contribution is 2.63. The Morgan fingerprint density at radius 1 is 0.950 bits per heavy atom. The highest BCUT2D eigenvalue weighted by molar-refractivity contribution is 6.40. The van der Waals surface area contributed by atoms with Crippen LogP contribution in [0.5, 0.6) is 0 Å². The fraction of sp³-hybridized carbons (Fsp3) is 0.500. The lowest BCUT2D eigenvalue weighted by Crippen LogP contribution is -2.38. The number of fused-ring (bicyclic) bond motifs is 4. The number of nitrogens with zero attached hydrogens (tertiary/aromatic N) is 5. The van der Waals surface area contributed by atoms with Crippen LogP contribution in [0.4, 0.5) is 11.4 Å². The number of ether oxygens (including phenoxy) is 1. The molecule has 2 aromatic carbocycles. The van der Waals surface area contributed by atoms with Crippen LogP contribution in [0.2, 0.25) is 10.0 Å². The van der Waals surface area contributed by atoms with E-state index in [1.807, 2.05) is 34.5 Å². The van der Waals surface area contributed by atoms with Gasteiger partial charge in [-0.1, -0.05) is 47.5 Å². The minimum Gasteiger partial charge on any atom is -0.469 e. The smallest absolute Gasteiger partial charge is 0.311 e. The van der Waals surface area contributed by atoms with Gasteiger partial charge in [0.2, 0.25) is 5.91 Å². The first-order valence-corrected chi connectivity index (χ1v) is 21.9. The van der Waals surface area contributed by atoms with Crippen LogP contribution in [-0.4, -0.2) is 80.7 Å². The van der Waals surface area contributed by atoms with E-state index in [-0.39, 0.29) is 52.3 Å². The molecule has 3 amide bonds. The van der Waals surface area contributed by atoms with Crippen LogP contribution in [-0.2, 0) is 40.9 Å². The molecular weight excluding hydrogens is 805 g/mol. The third-order valence-electron chi connectivity index (χ3n) is 13.8. The molecule has 3 fully saturated rings. The number of rotatable bonds is 12. The van der Waals surface area contributed by atoms with Crippen molar-refractivity contribution in [2.45, 2.75) is 95.8 Å². The van der Waals surface area contributed by atoms with Crippen molar-refractivity contribution in [3.8, 4) is 11.1 Å². The van der Waals surface area contributed by atoms with Gasteiger partial charge in [0.25, 0.3) is 11.8 Å². The van der Waals surface area contributed by atoms with Crippen molar-refractivity contribution in [2.75, 3.05) is 37.4 Å². The summed E-state index contributed by atoms with van der Waals surface area (Å²) in [4.78, 5) is 58.8. The second-order valence-electron chi connectivity index (χ2n) is 17.4. The highest BCUT2D eigenvalue weighted by Gasteiger charge is 2.58. The highest BCUT2D eigenvalue weighted by atomic mass is 35.5.